The SMILES string of the molecule is C=C(/C=C\C(Cl)=C/C)COc1nnc(C)s1. The van der Waals surface area contributed by atoms with Crippen LogP contribution in [0.5, 0.6) is 5.19 Å². The molecule has 0 N–H and O–H groups in total. The number of hydrogen-bond acceptors (Lipinski definition) is 4. The Hall–Kier alpha value is -1.13. The van der Waals surface area contributed by atoms with Crippen LogP contribution in [0.25, 0.3) is 0 Å². The second kappa shape index (κ2) is 6.45. The highest BCUT2D eigenvalue weighted by Crippen LogP contribution is 2.17. The van der Waals surface area contributed by atoms with E-state index in [0.29, 0.717) is 16.8 Å². The molecule has 0 radical (unpaired) electrons. The zero-order valence-electron chi connectivity index (χ0n) is 9.24. The third-order valence-electron chi connectivity index (χ3n) is 1.64. The molecule has 0 unspecified atom stereocenters. The smallest absolute Gasteiger partial charge is 0.294 e. The molecule has 0 aromatic carbocycles. The van der Waals surface area contributed by atoms with E-state index in [1.807, 2.05) is 19.9 Å². The van der Waals surface area contributed by atoms with Crippen LogP contribution < -0.4 is 4.74 Å². The van der Waals surface area contributed by atoms with Gasteiger partial charge >= 0.3 is 0 Å². The van der Waals surface area contributed by atoms with E-state index in [1.54, 1.807) is 12.2 Å². The predicted octanol–water partition coefficient (Wildman–Crippen LogP) is 3.48. The van der Waals surface area contributed by atoms with Crippen molar-refractivity contribution in [3.63, 3.8) is 0 Å². The molecule has 0 bridgehead atoms. The van der Waals surface area contributed by atoms with E-state index in [0.717, 1.165) is 10.6 Å². The van der Waals surface area contributed by atoms with Gasteiger partial charge in [-0.25, -0.2) is 0 Å². The number of aromatic nitrogens is 2. The van der Waals surface area contributed by atoms with Crippen molar-refractivity contribution in [1.29, 1.82) is 0 Å². The highest BCUT2D eigenvalue weighted by atomic mass is 35.5. The molecule has 1 heterocycles. The van der Waals surface area contributed by atoms with E-state index < -0.39 is 0 Å². The van der Waals surface area contributed by atoms with Crippen molar-refractivity contribution in [2.75, 3.05) is 6.61 Å². The minimum Gasteiger partial charge on any atom is -0.464 e. The highest BCUT2D eigenvalue weighted by Gasteiger charge is 2.00. The van der Waals surface area contributed by atoms with E-state index in [9.17, 15) is 0 Å². The minimum absolute atomic E-state index is 0.388. The van der Waals surface area contributed by atoms with Gasteiger partial charge in [-0.15, -0.1) is 10.2 Å². The fourth-order valence-electron chi connectivity index (χ4n) is 0.833. The van der Waals surface area contributed by atoms with Gasteiger partial charge in [-0.05, 0) is 25.5 Å². The molecule has 1 aromatic heterocycles. The molecule has 16 heavy (non-hydrogen) atoms. The molecule has 0 aliphatic heterocycles. The number of rotatable bonds is 5. The maximum Gasteiger partial charge on any atom is 0.294 e. The third kappa shape index (κ3) is 4.59. The van der Waals surface area contributed by atoms with E-state index in [-0.39, 0.29) is 0 Å². The Morgan fingerprint density at radius 2 is 2.25 bits per heavy atom. The van der Waals surface area contributed by atoms with Crippen molar-refractivity contribution in [3.8, 4) is 5.19 Å². The number of allylic oxidation sites excluding steroid dienone is 3. The molecule has 0 aliphatic rings. The summed E-state index contributed by atoms with van der Waals surface area (Å²) in [5.74, 6) is 0. The lowest BCUT2D eigenvalue weighted by Crippen LogP contribution is -1.97. The van der Waals surface area contributed by atoms with Crippen LogP contribution in [0.15, 0.2) is 35.4 Å². The van der Waals surface area contributed by atoms with E-state index in [4.69, 9.17) is 16.3 Å². The quantitative estimate of drug-likeness (QED) is 0.757. The van der Waals surface area contributed by atoms with Crippen LogP contribution >= 0.6 is 22.9 Å². The normalized spacial score (nSPS) is 12.1. The second-order valence-electron chi connectivity index (χ2n) is 3.04. The average Bonchev–Trinajstić information content (AvgIpc) is 2.69. The molecule has 0 fully saturated rings. The molecule has 86 valence electrons. The first-order valence-corrected chi connectivity index (χ1v) is 5.92. The first kappa shape index (κ1) is 12.9. The van der Waals surface area contributed by atoms with Gasteiger partial charge in [-0.1, -0.05) is 41.7 Å². The van der Waals surface area contributed by atoms with Crippen LogP contribution in [-0.2, 0) is 0 Å². The molecule has 1 rings (SSSR count). The monoisotopic (exact) mass is 256 g/mol. The second-order valence-corrected chi connectivity index (χ2v) is 4.62. The molecule has 0 saturated carbocycles. The van der Waals surface area contributed by atoms with Crippen LogP contribution in [-0.4, -0.2) is 16.8 Å². The predicted molar refractivity (Wildman–Crippen MR) is 68.0 cm³/mol. The number of aryl methyl sites for hydroxylation is 1. The Morgan fingerprint density at radius 3 is 2.81 bits per heavy atom. The van der Waals surface area contributed by atoms with Crippen molar-refractivity contribution in [3.05, 3.63) is 40.4 Å². The van der Waals surface area contributed by atoms with Gasteiger partial charge < -0.3 is 4.74 Å². The van der Waals surface area contributed by atoms with Crippen LogP contribution in [0.4, 0.5) is 0 Å². The molecule has 0 saturated heterocycles. The number of hydrogen-bond donors (Lipinski definition) is 0. The van der Waals surface area contributed by atoms with Crippen LogP contribution in [0.2, 0.25) is 0 Å². The maximum atomic E-state index is 5.80. The van der Waals surface area contributed by atoms with Gasteiger partial charge in [0.1, 0.15) is 11.6 Å². The minimum atomic E-state index is 0.388. The lowest BCUT2D eigenvalue weighted by atomic mass is 10.3. The molecule has 1 aromatic rings. The lowest BCUT2D eigenvalue weighted by molar-refractivity contribution is 0.350. The van der Waals surface area contributed by atoms with Gasteiger partial charge in [-0.3, -0.25) is 0 Å². The Labute approximate surface area is 104 Å². The van der Waals surface area contributed by atoms with Gasteiger partial charge in [-0.2, -0.15) is 0 Å². The summed E-state index contributed by atoms with van der Waals surface area (Å²) in [5.41, 5.74) is 0.827. The van der Waals surface area contributed by atoms with Crippen LogP contribution in [0.1, 0.15) is 11.9 Å². The first-order valence-electron chi connectivity index (χ1n) is 4.72. The summed E-state index contributed by atoms with van der Waals surface area (Å²) in [7, 11) is 0. The van der Waals surface area contributed by atoms with Gasteiger partial charge in [0, 0.05) is 5.03 Å². The zero-order chi connectivity index (χ0) is 12.0. The summed E-state index contributed by atoms with van der Waals surface area (Å²) in [6, 6.07) is 0. The Kier molecular flexibility index (Phi) is 5.22. The van der Waals surface area contributed by atoms with Crippen molar-refractivity contribution < 1.29 is 4.74 Å². The number of halogens is 1. The van der Waals surface area contributed by atoms with Crippen molar-refractivity contribution >= 4 is 22.9 Å². The molecule has 3 nitrogen and oxygen atoms in total. The van der Waals surface area contributed by atoms with Gasteiger partial charge in [0.25, 0.3) is 5.19 Å². The highest BCUT2D eigenvalue weighted by molar-refractivity contribution is 7.12. The van der Waals surface area contributed by atoms with Gasteiger partial charge in [0.15, 0.2) is 0 Å². The van der Waals surface area contributed by atoms with E-state index in [2.05, 4.69) is 16.8 Å². The van der Waals surface area contributed by atoms with Crippen molar-refractivity contribution in [2.45, 2.75) is 13.8 Å². The third-order valence-corrected chi connectivity index (χ3v) is 2.74. The summed E-state index contributed by atoms with van der Waals surface area (Å²) in [4.78, 5) is 0. The topological polar surface area (TPSA) is 35.0 Å². The molecular weight excluding hydrogens is 244 g/mol. The summed E-state index contributed by atoms with van der Waals surface area (Å²) >= 11 is 7.21. The Bertz CT molecular complexity index is 423. The Morgan fingerprint density at radius 1 is 1.50 bits per heavy atom. The molecule has 5 heteroatoms. The Balaban J connectivity index is 2.39. The number of nitrogens with zero attached hydrogens (tertiary/aromatic N) is 2. The van der Waals surface area contributed by atoms with Crippen LogP contribution in [0.3, 0.4) is 0 Å². The van der Waals surface area contributed by atoms with E-state index >= 15 is 0 Å². The van der Waals surface area contributed by atoms with Crippen molar-refractivity contribution in [1.82, 2.24) is 10.2 Å². The summed E-state index contributed by atoms with van der Waals surface area (Å²) in [6.07, 6.45) is 5.40. The fourth-order valence-corrected chi connectivity index (χ4v) is 1.43. The molecule has 0 spiro atoms. The van der Waals surface area contributed by atoms with Gasteiger partial charge in [0.2, 0.25) is 0 Å². The molecule has 0 aliphatic carbocycles. The maximum absolute atomic E-state index is 5.80. The summed E-state index contributed by atoms with van der Waals surface area (Å²) in [6.45, 7) is 7.98. The molecule has 0 atom stereocenters. The van der Waals surface area contributed by atoms with Crippen LogP contribution in [0, 0.1) is 6.92 Å². The molecule has 0 amide bonds. The first-order chi connectivity index (χ1) is 7.61. The average molecular weight is 257 g/mol. The van der Waals surface area contributed by atoms with Crippen molar-refractivity contribution in [2.24, 2.45) is 0 Å². The lowest BCUT2D eigenvalue weighted by Gasteiger charge is -2.00. The zero-order valence-corrected chi connectivity index (χ0v) is 10.8. The van der Waals surface area contributed by atoms with Gasteiger partial charge in [0.05, 0.1) is 0 Å². The summed E-state index contributed by atoms with van der Waals surface area (Å²) < 4.78 is 5.39. The number of ether oxygens (including phenoxy) is 1. The largest absolute Gasteiger partial charge is 0.464 e. The fraction of sp³-hybridized carbons (Fsp3) is 0.273. The standard InChI is InChI=1S/C11H13ClN2OS/c1-4-10(12)6-5-8(2)7-15-11-14-13-9(3)16-11/h4-6H,2,7H2,1,3H3/b6-5-,10-4+. The summed E-state index contributed by atoms with van der Waals surface area (Å²) in [5, 5.41) is 9.81. The molecular formula is C11H13ClN2OS. The van der Waals surface area contributed by atoms with E-state index in [1.165, 1.54) is 11.3 Å².